The van der Waals surface area contributed by atoms with Crippen LogP contribution >= 0.6 is 34.8 Å². The molecule has 2 atom stereocenters. The highest BCUT2D eigenvalue weighted by Crippen LogP contribution is 2.62. The Kier molecular flexibility index (Phi) is 15.7. The Hall–Kier alpha value is -1.67. The van der Waals surface area contributed by atoms with Crippen LogP contribution in [0.5, 0.6) is 0 Å². The van der Waals surface area contributed by atoms with Gasteiger partial charge in [0.25, 0.3) is 0 Å². The van der Waals surface area contributed by atoms with Gasteiger partial charge >= 0.3 is 0 Å². The van der Waals surface area contributed by atoms with Gasteiger partial charge in [-0.3, -0.25) is 19.4 Å². The van der Waals surface area contributed by atoms with Crippen molar-refractivity contribution in [2.45, 2.75) is 136 Å². The Balaban J connectivity index is 0.000000136. The zero-order valence-electron chi connectivity index (χ0n) is 37.5. The molecule has 6 nitrogen and oxygen atoms in total. The SMILES string of the molecule is C.ClCCl.O=C(CC12CC3CC(CC(C3)C1)C2)N1CCC2(CCN(Cc3ccccc3)C2)C1.O=C(Cl)CC12CC3CC(CC(C3)C1)C2.c1ccc(CN2CCC3(CCNC3)C2)cc1. The van der Waals surface area contributed by atoms with E-state index in [0.717, 1.165) is 68.1 Å². The second-order valence-electron chi connectivity index (χ2n) is 23.0. The minimum Gasteiger partial charge on any atom is -0.342 e. The molecule has 0 radical (unpaired) electrons. The van der Waals surface area contributed by atoms with Gasteiger partial charge in [0.05, 0.1) is 5.34 Å². The molecule has 4 saturated heterocycles. The molecule has 8 aliphatic carbocycles. The molecule has 2 aromatic carbocycles. The number of carbonyl (C=O) groups is 2. The number of alkyl halides is 2. The van der Waals surface area contributed by atoms with Crippen molar-refractivity contribution in [3.8, 4) is 0 Å². The van der Waals surface area contributed by atoms with Crippen molar-refractivity contribution in [3.05, 3.63) is 71.8 Å². The molecule has 14 rings (SSSR count). The highest BCUT2D eigenvalue weighted by Gasteiger charge is 2.54. The molecule has 2 aromatic rings. The van der Waals surface area contributed by atoms with Gasteiger partial charge in [-0.1, -0.05) is 68.1 Å². The topological polar surface area (TPSA) is 55.9 Å². The molecule has 12 fully saturated rings. The Morgan fingerprint density at radius 1 is 0.571 bits per heavy atom. The summed E-state index contributed by atoms with van der Waals surface area (Å²) < 4.78 is 0. The van der Waals surface area contributed by atoms with Crippen LogP contribution in [0, 0.1) is 57.2 Å². The van der Waals surface area contributed by atoms with Crippen LogP contribution < -0.4 is 5.32 Å². The second kappa shape index (κ2) is 20.7. The Morgan fingerprint density at radius 3 is 1.41 bits per heavy atom. The number of amides is 1. The maximum Gasteiger partial charge on any atom is 0.223 e. The van der Waals surface area contributed by atoms with E-state index < -0.39 is 0 Å². The van der Waals surface area contributed by atoms with Crippen molar-refractivity contribution in [2.75, 3.05) is 57.7 Å². The summed E-state index contributed by atoms with van der Waals surface area (Å²) in [5.74, 6) is 6.11. The summed E-state index contributed by atoms with van der Waals surface area (Å²) in [5.41, 5.74) is 4.56. The minimum atomic E-state index is -0.105. The number of halogens is 3. The summed E-state index contributed by atoms with van der Waals surface area (Å²) in [6, 6.07) is 21.7. The molecule has 0 aromatic heterocycles. The molecule has 2 spiro atoms. The second-order valence-corrected chi connectivity index (χ2v) is 24.3. The molecule has 1 amide bonds. The smallest absolute Gasteiger partial charge is 0.223 e. The maximum atomic E-state index is 13.4. The van der Waals surface area contributed by atoms with E-state index in [2.05, 4.69) is 80.7 Å². The molecule has 12 aliphatic rings. The van der Waals surface area contributed by atoms with E-state index in [1.165, 1.54) is 153 Å². The first kappa shape index (κ1) is 47.8. The lowest BCUT2D eigenvalue weighted by Crippen LogP contribution is -2.48. The summed E-state index contributed by atoms with van der Waals surface area (Å²) >= 11 is 15.1. The number of nitrogens with one attached hydrogen (secondary N) is 1. The zero-order chi connectivity index (χ0) is 42.8. The largest absolute Gasteiger partial charge is 0.342 e. The van der Waals surface area contributed by atoms with Crippen molar-refractivity contribution < 1.29 is 9.59 Å². The van der Waals surface area contributed by atoms with E-state index in [4.69, 9.17) is 34.8 Å². The maximum absolute atomic E-state index is 13.4. The number of rotatable bonds is 8. The van der Waals surface area contributed by atoms with Crippen LogP contribution in [0.3, 0.4) is 0 Å². The molecule has 4 heterocycles. The third-order valence-corrected chi connectivity index (χ3v) is 18.2. The summed E-state index contributed by atoms with van der Waals surface area (Å²) in [4.78, 5) is 31.9. The molecule has 348 valence electrons. The van der Waals surface area contributed by atoms with E-state index >= 15 is 0 Å². The van der Waals surface area contributed by atoms with Crippen LogP contribution in [-0.2, 0) is 22.7 Å². The van der Waals surface area contributed by atoms with Crippen molar-refractivity contribution in [1.82, 2.24) is 20.0 Å². The summed E-state index contributed by atoms with van der Waals surface area (Å²) in [5, 5.41) is 3.60. The van der Waals surface area contributed by atoms with Crippen LogP contribution in [0.1, 0.15) is 134 Å². The van der Waals surface area contributed by atoms with E-state index in [1.54, 1.807) is 0 Å². The lowest BCUT2D eigenvalue weighted by atomic mass is 9.49. The third kappa shape index (κ3) is 11.7. The number of nitrogens with zero attached hydrogens (tertiary/aromatic N) is 3. The van der Waals surface area contributed by atoms with Crippen molar-refractivity contribution >= 4 is 46.0 Å². The van der Waals surface area contributed by atoms with Gasteiger partial charge in [0.2, 0.25) is 11.1 Å². The third-order valence-electron chi connectivity index (χ3n) is 18.0. The fourth-order valence-corrected chi connectivity index (χ4v) is 16.7. The van der Waals surface area contributed by atoms with Crippen LogP contribution in [-0.4, -0.2) is 83.5 Å². The fourth-order valence-electron chi connectivity index (χ4n) is 16.4. The lowest BCUT2D eigenvalue weighted by Gasteiger charge is -2.57. The normalized spacial score (nSPS) is 37.9. The number of hydrogen-bond acceptors (Lipinski definition) is 5. The molecule has 63 heavy (non-hydrogen) atoms. The number of hydrogen-bond donors (Lipinski definition) is 1. The summed E-state index contributed by atoms with van der Waals surface area (Å²) in [6.07, 6.45) is 23.4. The van der Waals surface area contributed by atoms with E-state index in [1.807, 2.05) is 0 Å². The quantitative estimate of drug-likeness (QED) is 0.211. The van der Waals surface area contributed by atoms with Gasteiger partial charge in [-0.05, 0) is 197 Å². The van der Waals surface area contributed by atoms with Gasteiger partial charge in [0.15, 0.2) is 0 Å². The first-order chi connectivity index (χ1) is 30.0. The summed E-state index contributed by atoms with van der Waals surface area (Å²) in [7, 11) is 0. The Morgan fingerprint density at radius 2 is 0.984 bits per heavy atom. The van der Waals surface area contributed by atoms with Crippen LogP contribution in [0.4, 0.5) is 0 Å². The Bertz CT molecular complexity index is 1730. The van der Waals surface area contributed by atoms with Gasteiger partial charge in [0, 0.05) is 64.1 Å². The monoisotopic (exact) mass is 921 g/mol. The van der Waals surface area contributed by atoms with Gasteiger partial charge in [-0.2, -0.15) is 0 Å². The van der Waals surface area contributed by atoms with Crippen LogP contribution in [0.2, 0.25) is 0 Å². The van der Waals surface area contributed by atoms with E-state index in [0.29, 0.717) is 34.0 Å². The minimum absolute atomic E-state index is 0. The lowest BCUT2D eigenvalue weighted by molar-refractivity contribution is -0.139. The molecule has 8 bridgehead atoms. The average molecular weight is 923 g/mol. The van der Waals surface area contributed by atoms with Gasteiger partial charge in [-0.25, -0.2) is 0 Å². The highest BCUT2D eigenvalue weighted by atomic mass is 35.5. The van der Waals surface area contributed by atoms with Crippen molar-refractivity contribution in [1.29, 1.82) is 0 Å². The predicted molar refractivity (Wildman–Crippen MR) is 261 cm³/mol. The van der Waals surface area contributed by atoms with E-state index in [9.17, 15) is 9.59 Å². The number of benzene rings is 2. The first-order valence-corrected chi connectivity index (χ1v) is 26.3. The van der Waals surface area contributed by atoms with Gasteiger partial charge in [-0.15, -0.1) is 23.2 Å². The molecular formula is C54H79Cl3N4O2. The first-order valence-electron chi connectivity index (χ1n) is 24.8. The molecule has 9 heteroatoms. The zero-order valence-corrected chi connectivity index (χ0v) is 39.8. The van der Waals surface area contributed by atoms with Gasteiger partial charge in [0.1, 0.15) is 0 Å². The predicted octanol–water partition coefficient (Wildman–Crippen LogP) is 12.0. The van der Waals surface area contributed by atoms with Crippen LogP contribution in [0.15, 0.2) is 60.7 Å². The molecule has 2 unspecified atom stereocenters. The standard InChI is InChI=1S/C26H36N2O.C14H20N2.C12H17ClO.CH2Cl2.CH4/c29-24(16-26-13-21-10-22(14-26)12-23(11-21)15-26)28-9-7-25(19-28)6-8-27(18-25)17-20-4-2-1-3-5-20;1-2-4-13(5-3-1)10-16-9-7-14(12-16)6-8-15-11-14;13-11(14)7-12-4-8-1-9(5-12)3-10(2-8)6-12;2-1-3;/h1-5,21-23H,6-19H2;1-5,15H,6-12H2;8-10H,1-7H2;1H2;1H4. The van der Waals surface area contributed by atoms with E-state index in [-0.39, 0.29) is 18.0 Å². The molecule has 1 N–H and O–H groups in total. The van der Waals surface area contributed by atoms with Crippen molar-refractivity contribution in [3.63, 3.8) is 0 Å². The molecular weight excluding hydrogens is 843 g/mol. The molecule has 4 aliphatic heterocycles. The van der Waals surface area contributed by atoms with Crippen LogP contribution in [0.25, 0.3) is 0 Å². The summed E-state index contributed by atoms with van der Waals surface area (Å²) in [6.45, 7) is 11.6. The number of carbonyl (C=O) groups excluding carboxylic acids is 2. The Labute approximate surface area is 396 Å². The fraction of sp³-hybridized carbons (Fsp3) is 0.741. The molecule has 8 saturated carbocycles. The highest BCUT2D eigenvalue weighted by molar-refractivity contribution is 6.63. The van der Waals surface area contributed by atoms with Crippen molar-refractivity contribution in [2.24, 2.45) is 57.2 Å². The number of likely N-dealkylation sites (tertiary alicyclic amines) is 3. The average Bonchev–Trinajstić information content (AvgIpc) is 4.04. The van der Waals surface area contributed by atoms with Gasteiger partial charge < -0.3 is 10.2 Å².